The van der Waals surface area contributed by atoms with Gasteiger partial charge in [0.25, 0.3) is 5.91 Å². The molecule has 4 rings (SSSR count). The minimum atomic E-state index is -0.163. The van der Waals surface area contributed by atoms with E-state index in [2.05, 4.69) is 0 Å². The zero-order valence-electron chi connectivity index (χ0n) is 15.1. The first-order valence-corrected chi connectivity index (χ1v) is 9.85. The highest BCUT2D eigenvalue weighted by Gasteiger charge is 2.37. The third kappa shape index (κ3) is 3.64. The van der Waals surface area contributed by atoms with Crippen LogP contribution in [-0.2, 0) is 4.74 Å². The van der Waals surface area contributed by atoms with Crippen molar-refractivity contribution in [1.82, 2.24) is 4.90 Å². The molecule has 0 N–H and O–H groups in total. The number of hydrogen-bond acceptors (Lipinski definition) is 3. The molecular weight excluding hydrogens is 362 g/mol. The summed E-state index contributed by atoms with van der Waals surface area (Å²) in [7, 11) is 0. The molecule has 0 bridgehead atoms. The number of rotatable bonds is 3. The van der Waals surface area contributed by atoms with Crippen LogP contribution in [0.1, 0.15) is 52.0 Å². The van der Waals surface area contributed by atoms with Crippen molar-refractivity contribution in [3.63, 3.8) is 0 Å². The molecule has 1 amide bonds. The molecule has 1 aliphatic heterocycles. The predicted octanol–water partition coefficient (Wildman–Crippen LogP) is 4.35. The maximum Gasteiger partial charge on any atom is 0.255 e. The molecule has 1 saturated carbocycles. The first-order chi connectivity index (χ1) is 13.1. The van der Waals surface area contributed by atoms with Gasteiger partial charge in [-0.3, -0.25) is 9.59 Å². The quantitative estimate of drug-likeness (QED) is 0.740. The van der Waals surface area contributed by atoms with Gasteiger partial charge in [-0.15, -0.1) is 0 Å². The zero-order chi connectivity index (χ0) is 18.8. The van der Waals surface area contributed by atoms with Crippen molar-refractivity contribution in [3.05, 3.63) is 70.2 Å². The van der Waals surface area contributed by atoms with Crippen LogP contribution in [0, 0.1) is 0 Å². The Hall–Kier alpha value is -2.17. The highest BCUT2D eigenvalue weighted by atomic mass is 35.5. The average molecular weight is 384 g/mol. The van der Waals surface area contributed by atoms with Crippen molar-refractivity contribution in [3.8, 4) is 0 Å². The number of amides is 1. The van der Waals surface area contributed by atoms with Gasteiger partial charge in [-0.2, -0.15) is 0 Å². The summed E-state index contributed by atoms with van der Waals surface area (Å²) in [5, 5.41) is 0.576. The van der Waals surface area contributed by atoms with Crippen LogP contribution in [0.25, 0.3) is 0 Å². The second-order valence-corrected chi connectivity index (χ2v) is 7.58. The normalized spacial score (nSPS) is 22.2. The maximum atomic E-state index is 13.4. The zero-order valence-corrected chi connectivity index (χ0v) is 15.8. The molecule has 27 heavy (non-hydrogen) atoms. The summed E-state index contributed by atoms with van der Waals surface area (Å²) in [6, 6.07) is 13.9. The molecule has 2 aromatic carbocycles. The van der Waals surface area contributed by atoms with E-state index in [9.17, 15) is 9.59 Å². The van der Waals surface area contributed by atoms with E-state index in [1.807, 2.05) is 11.0 Å². The lowest BCUT2D eigenvalue weighted by Crippen LogP contribution is -2.55. The van der Waals surface area contributed by atoms with Crippen LogP contribution in [0.5, 0.6) is 0 Å². The van der Waals surface area contributed by atoms with Crippen LogP contribution >= 0.6 is 11.6 Å². The second kappa shape index (κ2) is 7.83. The number of nitrogens with zero attached hydrogens (tertiary/aromatic N) is 1. The van der Waals surface area contributed by atoms with Gasteiger partial charge in [-0.1, -0.05) is 42.6 Å². The number of ether oxygens (including phenoxy) is 1. The summed E-state index contributed by atoms with van der Waals surface area (Å²) < 4.78 is 5.88. The molecule has 2 unspecified atom stereocenters. The van der Waals surface area contributed by atoms with E-state index in [4.69, 9.17) is 16.3 Å². The van der Waals surface area contributed by atoms with Gasteiger partial charge in [0.05, 0.1) is 24.3 Å². The Balaban J connectivity index is 1.65. The highest BCUT2D eigenvalue weighted by Crippen LogP contribution is 2.30. The lowest BCUT2D eigenvalue weighted by Gasteiger charge is -2.44. The first kappa shape index (κ1) is 18.2. The number of hydrogen-bond donors (Lipinski definition) is 0. The van der Waals surface area contributed by atoms with Crippen molar-refractivity contribution < 1.29 is 14.3 Å². The molecule has 5 heteroatoms. The summed E-state index contributed by atoms with van der Waals surface area (Å²) in [6.07, 6.45) is 4.34. The number of carbonyl (C=O) groups is 2. The van der Waals surface area contributed by atoms with Gasteiger partial charge < -0.3 is 9.64 Å². The molecule has 4 nitrogen and oxygen atoms in total. The largest absolute Gasteiger partial charge is 0.374 e. The van der Waals surface area contributed by atoms with Crippen LogP contribution in [0.2, 0.25) is 5.02 Å². The number of benzene rings is 2. The van der Waals surface area contributed by atoms with E-state index in [-0.39, 0.29) is 23.8 Å². The number of fused-ring (bicyclic) bond motifs is 1. The molecule has 0 spiro atoms. The third-order valence-electron chi connectivity index (χ3n) is 5.50. The van der Waals surface area contributed by atoms with E-state index in [0.717, 1.165) is 25.7 Å². The van der Waals surface area contributed by atoms with E-state index < -0.39 is 0 Å². The molecule has 2 atom stereocenters. The van der Waals surface area contributed by atoms with Gasteiger partial charge in [-0.05, 0) is 43.2 Å². The lowest BCUT2D eigenvalue weighted by atomic mass is 9.89. The summed E-state index contributed by atoms with van der Waals surface area (Å²) in [5.41, 5.74) is 1.42. The SMILES string of the molecule is O=C(c1ccc(Cl)cc1)c1ccccc1C(=O)N1CCOC2CCCCC21. The number of ketones is 1. The van der Waals surface area contributed by atoms with E-state index in [0.29, 0.717) is 34.9 Å². The van der Waals surface area contributed by atoms with Crippen LogP contribution in [0.15, 0.2) is 48.5 Å². The molecule has 140 valence electrons. The van der Waals surface area contributed by atoms with Crippen molar-refractivity contribution in [2.45, 2.75) is 37.8 Å². The molecule has 1 saturated heterocycles. The van der Waals surface area contributed by atoms with Crippen molar-refractivity contribution in [2.24, 2.45) is 0 Å². The Bertz CT molecular complexity index is 847. The first-order valence-electron chi connectivity index (χ1n) is 9.47. The summed E-state index contributed by atoms with van der Waals surface area (Å²) >= 11 is 5.93. The van der Waals surface area contributed by atoms with Crippen LogP contribution < -0.4 is 0 Å². The molecule has 0 aromatic heterocycles. The Morgan fingerprint density at radius 3 is 2.44 bits per heavy atom. The van der Waals surface area contributed by atoms with Crippen LogP contribution in [0.3, 0.4) is 0 Å². The van der Waals surface area contributed by atoms with E-state index >= 15 is 0 Å². The molecule has 0 radical (unpaired) electrons. The molecule has 1 aliphatic carbocycles. The predicted molar refractivity (Wildman–Crippen MR) is 104 cm³/mol. The smallest absolute Gasteiger partial charge is 0.255 e. The van der Waals surface area contributed by atoms with Gasteiger partial charge in [0.15, 0.2) is 5.78 Å². The molecule has 2 aromatic rings. The van der Waals surface area contributed by atoms with Gasteiger partial charge in [0, 0.05) is 22.7 Å². The van der Waals surface area contributed by atoms with E-state index in [1.165, 1.54) is 0 Å². The Labute approximate surface area is 164 Å². The third-order valence-corrected chi connectivity index (χ3v) is 5.75. The van der Waals surface area contributed by atoms with Crippen LogP contribution in [0.4, 0.5) is 0 Å². The topological polar surface area (TPSA) is 46.6 Å². The van der Waals surface area contributed by atoms with Crippen molar-refractivity contribution in [1.29, 1.82) is 0 Å². The summed E-state index contributed by atoms with van der Waals surface area (Å²) in [6.45, 7) is 1.13. The van der Waals surface area contributed by atoms with Crippen LogP contribution in [-0.4, -0.2) is 41.9 Å². The Morgan fingerprint density at radius 2 is 1.67 bits per heavy atom. The monoisotopic (exact) mass is 383 g/mol. The summed E-state index contributed by atoms with van der Waals surface area (Å²) in [5.74, 6) is -0.239. The number of halogens is 1. The lowest BCUT2D eigenvalue weighted by molar-refractivity contribution is -0.0752. The number of carbonyl (C=O) groups excluding carboxylic acids is 2. The fourth-order valence-electron chi connectivity index (χ4n) is 4.13. The highest BCUT2D eigenvalue weighted by molar-refractivity contribution is 6.30. The average Bonchev–Trinajstić information content (AvgIpc) is 2.73. The van der Waals surface area contributed by atoms with Crippen molar-refractivity contribution >= 4 is 23.3 Å². The minimum Gasteiger partial charge on any atom is -0.374 e. The standard InChI is InChI=1S/C22H22ClNO3/c23-16-11-9-15(10-12-16)21(25)17-5-1-2-6-18(17)22(26)24-13-14-27-20-8-4-3-7-19(20)24/h1-2,5-6,9-12,19-20H,3-4,7-8,13-14H2. The summed E-state index contributed by atoms with van der Waals surface area (Å²) in [4.78, 5) is 28.3. The van der Waals surface area contributed by atoms with Gasteiger partial charge in [0.2, 0.25) is 0 Å². The fraction of sp³-hybridized carbons (Fsp3) is 0.364. The molecular formula is C22H22ClNO3. The second-order valence-electron chi connectivity index (χ2n) is 7.14. The number of morpholine rings is 1. The van der Waals surface area contributed by atoms with Crippen molar-refractivity contribution in [2.75, 3.05) is 13.2 Å². The molecule has 1 heterocycles. The molecule has 2 aliphatic rings. The minimum absolute atomic E-state index is 0.0758. The molecule has 2 fully saturated rings. The van der Waals surface area contributed by atoms with Gasteiger partial charge in [0.1, 0.15) is 0 Å². The van der Waals surface area contributed by atoms with E-state index in [1.54, 1.807) is 42.5 Å². The fourth-order valence-corrected chi connectivity index (χ4v) is 4.25. The Kier molecular flexibility index (Phi) is 5.28. The van der Waals surface area contributed by atoms with Gasteiger partial charge >= 0.3 is 0 Å². The maximum absolute atomic E-state index is 13.4. The Morgan fingerprint density at radius 1 is 0.963 bits per heavy atom. The van der Waals surface area contributed by atoms with Gasteiger partial charge in [-0.25, -0.2) is 0 Å².